The number of pyridine rings is 2. The molecule has 7 heteroatoms. The van der Waals surface area contributed by atoms with Crippen LogP contribution in [-0.4, -0.2) is 68.7 Å². The summed E-state index contributed by atoms with van der Waals surface area (Å²) in [5, 5.41) is 1.12. The molecule has 2 amide bonds. The molecule has 1 unspecified atom stereocenters. The Bertz CT molecular complexity index is 1090. The van der Waals surface area contributed by atoms with Crippen LogP contribution >= 0.6 is 0 Å². The molecule has 0 aliphatic carbocycles. The van der Waals surface area contributed by atoms with Gasteiger partial charge < -0.3 is 9.80 Å². The number of carbonyl (C=O) groups excluding carboxylic acids is 2. The van der Waals surface area contributed by atoms with Gasteiger partial charge >= 0.3 is 0 Å². The van der Waals surface area contributed by atoms with Gasteiger partial charge in [0.15, 0.2) is 0 Å². The zero-order valence-corrected chi connectivity index (χ0v) is 16.6. The van der Waals surface area contributed by atoms with E-state index in [1.165, 1.54) is 0 Å². The van der Waals surface area contributed by atoms with Gasteiger partial charge in [0, 0.05) is 56.7 Å². The van der Waals surface area contributed by atoms with Crippen molar-refractivity contribution in [2.75, 3.05) is 26.2 Å². The highest BCUT2D eigenvalue weighted by molar-refractivity contribution is 5.95. The lowest BCUT2D eigenvalue weighted by Gasteiger charge is -2.46. The van der Waals surface area contributed by atoms with Crippen LogP contribution in [-0.2, 0) is 22.7 Å². The van der Waals surface area contributed by atoms with Crippen LogP contribution in [0.3, 0.4) is 0 Å². The number of fused-ring (bicyclic) bond motifs is 2. The van der Waals surface area contributed by atoms with Gasteiger partial charge in [-0.3, -0.25) is 24.5 Å². The normalized spacial score (nSPS) is 19.9. The van der Waals surface area contributed by atoms with Crippen molar-refractivity contribution in [1.29, 1.82) is 0 Å². The molecule has 4 heterocycles. The van der Waals surface area contributed by atoms with E-state index in [0.29, 0.717) is 19.6 Å². The third kappa shape index (κ3) is 3.64. The third-order valence-electron chi connectivity index (χ3n) is 5.88. The zero-order valence-electron chi connectivity index (χ0n) is 16.6. The first kappa shape index (κ1) is 18.7. The number of rotatable bonds is 4. The predicted molar refractivity (Wildman–Crippen MR) is 112 cm³/mol. The average molecular weight is 401 g/mol. The molecule has 2 saturated heterocycles. The summed E-state index contributed by atoms with van der Waals surface area (Å²) in [4.78, 5) is 40.0. The molecule has 2 aromatic heterocycles. The Morgan fingerprint density at radius 2 is 1.87 bits per heavy atom. The number of aromatic nitrogens is 2. The Labute approximate surface area is 174 Å². The van der Waals surface area contributed by atoms with E-state index in [1.54, 1.807) is 28.4 Å². The number of piperazine rings is 2. The summed E-state index contributed by atoms with van der Waals surface area (Å²) >= 11 is 0. The third-order valence-corrected chi connectivity index (χ3v) is 5.88. The van der Waals surface area contributed by atoms with Crippen molar-refractivity contribution >= 4 is 22.7 Å². The van der Waals surface area contributed by atoms with E-state index in [-0.39, 0.29) is 18.4 Å². The number of hydrogen-bond acceptors (Lipinski definition) is 5. The van der Waals surface area contributed by atoms with Crippen LogP contribution in [0.25, 0.3) is 10.9 Å². The van der Waals surface area contributed by atoms with Gasteiger partial charge in [-0.05, 0) is 29.3 Å². The molecule has 3 aromatic rings. The minimum absolute atomic E-state index is 0.0170. The first-order valence-electron chi connectivity index (χ1n) is 10.2. The number of nitrogens with zero attached hydrogens (tertiary/aromatic N) is 5. The molecular formula is C23H23N5O2. The molecule has 0 saturated carbocycles. The van der Waals surface area contributed by atoms with Crippen LogP contribution in [0.1, 0.15) is 11.1 Å². The summed E-state index contributed by atoms with van der Waals surface area (Å²) in [6, 6.07) is 13.6. The summed E-state index contributed by atoms with van der Waals surface area (Å²) in [7, 11) is 0. The van der Waals surface area contributed by atoms with E-state index in [4.69, 9.17) is 0 Å². The smallest absolute Gasteiger partial charge is 0.247 e. The van der Waals surface area contributed by atoms with Crippen LogP contribution in [0.5, 0.6) is 0 Å². The molecule has 0 N–H and O–H groups in total. The van der Waals surface area contributed by atoms with Gasteiger partial charge in [-0.2, -0.15) is 0 Å². The highest BCUT2D eigenvalue weighted by Crippen LogP contribution is 2.22. The lowest BCUT2D eigenvalue weighted by molar-refractivity contribution is -0.160. The van der Waals surface area contributed by atoms with Crippen LogP contribution < -0.4 is 0 Å². The van der Waals surface area contributed by atoms with Crippen LogP contribution in [0, 0.1) is 0 Å². The molecule has 2 fully saturated rings. The van der Waals surface area contributed by atoms with Crippen molar-refractivity contribution in [3.8, 4) is 0 Å². The van der Waals surface area contributed by atoms with Crippen molar-refractivity contribution in [3.05, 3.63) is 72.2 Å². The first-order chi connectivity index (χ1) is 14.7. The lowest BCUT2D eigenvalue weighted by Crippen LogP contribution is -2.66. The summed E-state index contributed by atoms with van der Waals surface area (Å²) in [5.74, 6) is 0.0429. The number of hydrogen-bond donors (Lipinski definition) is 0. The van der Waals surface area contributed by atoms with Crippen LogP contribution in [0.15, 0.2) is 61.1 Å². The van der Waals surface area contributed by atoms with E-state index in [9.17, 15) is 9.59 Å². The Kier molecular flexibility index (Phi) is 4.88. The Balaban J connectivity index is 1.30. The molecule has 30 heavy (non-hydrogen) atoms. The molecule has 7 nitrogen and oxygen atoms in total. The van der Waals surface area contributed by atoms with Crippen LogP contribution in [0.4, 0.5) is 0 Å². The minimum Gasteiger partial charge on any atom is -0.327 e. The maximum absolute atomic E-state index is 13.2. The van der Waals surface area contributed by atoms with Gasteiger partial charge in [0.2, 0.25) is 11.8 Å². The van der Waals surface area contributed by atoms with Crippen molar-refractivity contribution in [3.63, 3.8) is 0 Å². The van der Waals surface area contributed by atoms with Crippen molar-refractivity contribution < 1.29 is 9.59 Å². The van der Waals surface area contributed by atoms with Gasteiger partial charge in [-0.15, -0.1) is 0 Å². The maximum Gasteiger partial charge on any atom is 0.247 e. The van der Waals surface area contributed by atoms with E-state index in [2.05, 4.69) is 33.1 Å². The second-order valence-corrected chi connectivity index (χ2v) is 7.92. The number of carbonyl (C=O) groups is 2. The molecule has 1 aromatic carbocycles. The van der Waals surface area contributed by atoms with E-state index in [0.717, 1.165) is 35.1 Å². The lowest BCUT2D eigenvalue weighted by atomic mass is 10.0. The SMILES string of the molecule is O=C1C2CN(Cc3ccc4cccnc4c3)CCN2C(=O)CN1Cc1cccnc1. The number of benzene rings is 1. The molecule has 0 spiro atoms. The zero-order chi connectivity index (χ0) is 20.5. The van der Waals surface area contributed by atoms with Crippen molar-refractivity contribution in [2.45, 2.75) is 19.1 Å². The molecule has 0 bridgehead atoms. The van der Waals surface area contributed by atoms with Crippen LogP contribution in [0.2, 0.25) is 0 Å². The highest BCUT2D eigenvalue weighted by Gasteiger charge is 2.42. The number of amides is 2. The van der Waals surface area contributed by atoms with Gasteiger partial charge in [-0.1, -0.05) is 24.3 Å². The first-order valence-corrected chi connectivity index (χ1v) is 10.2. The minimum atomic E-state index is -0.421. The maximum atomic E-state index is 13.2. The summed E-state index contributed by atoms with van der Waals surface area (Å²) in [6.45, 7) is 3.19. The standard InChI is InChI=1S/C23H23N5O2/c29-22-16-27(14-18-3-1-7-24-12-18)23(30)21-15-26(9-10-28(21)22)13-17-5-6-19-4-2-8-25-20(19)11-17/h1-8,11-12,21H,9-10,13-16H2. The molecule has 0 radical (unpaired) electrons. The van der Waals surface area contributed by atoms with Gasteiger partial charge in [-0.25, -0.2) is 0 Å². The predicted octanol–water partition coefficient (Wildman–Crippen LogP) is 1.68. The second kappa shape index (κ2) is 7.84. The monoisotopic (exact) mass is 401 g/mol. The Morgan fingerprint density at radius 1 is 0.967 bits per heavy atom. The second-order valence-electron chi connectivity index (χ2n) is 7.92. The topological polar surface area (TPSA) is 69.6 Å². The molecule has 152 valence electrons. The Morgan fingerprint density at radius 3 is 2.73 bits per heavy atom. The molecular weight excluding hydrogens is 378 g/mol. The molecule has 2 aliphatic rings. The summed E-state index contributed by atoms with van der Waals surface area (Å²) in [6.07, 6.45) is 5.24. The molecule has 5 rings (SSSR count). The van der Waals surface area contributed by atoms with Crippen molar-refractivity contribution in [1.82, 2.24) is 24.7 Å². The van der Waals surface area contributed by atoms with Gasteiger partial charge in [0.25, 0.3) is 0 Å². The van der Waals surface area contributed by atoms with Crippen molar-refractivity contribution in [2.24, 2.45) is 0 Å². The fourth-order valence-electron chi connectivity index (χ4n) is 4.35. The largest absolute Gasteiger partial charge is 0.327 e. The Hall–Kier alpha value is -3.32. The molecule has 1 atom stereocenters. The fraction of sp³-hybridized carbons (Fsp3) is 0.304. The van der Waals surface area contributed by atoms with Gasteiger partial charge in [0.1, 0.15) is 12.6 Å². The quantitative estimate of drug-likeness (QED) is 0.665. The fourth-order valence-corrected chi connectivity index (χ4v) is 4.35. The highest BCUT2D eigenvalue weighted by atomic mass is 16.2. The average Bonchev–Trinajstić information content (AvgIpc) is 2.78. The summed E-state index contributed by atoms with van der Waals surface area (Å²) < 4.78 is 0. The molecule has 2 aliphatic heterocycles. The van der Waals surface area contributed by atoms with Gasteiger partial charge in [0.05, 0.1) is 5.52 Å². The summed E-state index contributed by atoms with van der Waals surface area (Å²) in [5.41, 5.74) is 3.07. The van der Waals surface area contributed by atoms with E-state index >= 15 is 0 Å². The van der Waals surface area contributed by atoms with E-state index in [1.807, 2.05) is 24.3 Å². The van der Waals surface area contributed by atoms with E-state index < -0.39 is 6.04 Å².